The van der Waals surface area contributed by atoms with Crippen molar-refractivity contribution in [3.05, 3.63) is 40.6 Å². The third kappa shape index (κ3) is 2.95. The molecule has 2 N–H and O–H groups in total. The van der Waals surface area contributed by atoms with Crippen LogP contribution in [0.5, 0.6) is 0 Å². The molecule has 0 aliphatic heterocycles. The van der Waals surface area contributed by atoms with E-state index < -0.39 is 10.8 Å². The van der Waals surface area contributed by atoms with Crippen LogP contribution >= 0.6 is 15.9 Å². The summed E-state index contributed by atoms with van der Waals surface area (Å²) < 4.78 is 14.7. The molecule has 0 aliphatic carbocycles. The summed E-state index contributed by atoms with van der Waals surface area (Å²) in [5.41, 5.74) is 7.15. The zero-order valence-corrected chi connectivity index (χ0v) is 11.7. The molecule has 0 amide bonds. The van der Waals surface area contributed by atoms with E-state index in [1.807, 2.05) is 25.4 Å². The fourth-order valence-electron chi connectivity index (χ4n) is 1.46. The lowest BCUT2D eigenvalue weighted by Gasteiger charge is -2.05. The lowest BCUT2D eigenvalue weighted by atomic mass is 10.3. The van der Waals surface area contributed by atoms with Gasteiger partial charge in [-0.1, -0.05) is 15.9 Å². The van der Waals surface area contributed by atoms with E-state index in [-0.39, 0.29) is 0 Å². The number of nitrogen functional groups attached to an aromatic ring is 1. The summed E-state index contributed by atoms with van der Waals surface area (Å²) in [5.74, 6) is 0.376. The first-order valence-corrected chi connectivity index (χ1v) is 7.09. The van der Waals surface area contributed by atoms with Crippen LogP contribution in [0.15, 0.2) is 39.8 Å². The minimum absolute atomic E-state index is 0.376. The SMILES string of the molecule is Cn1ccc(CS(=O)c2cc(Br)ccc2N)n1. The van der Waals surface area contributed by atoms with E-state index in [1.54, 1.807) is 16.8 Å². The van der Waals surface area contributed by atoms with Crippen LogP contribution < -0.4 is 5.73 Å². The Labute approximate surface area is 110 Å². The smallest absolute Gasteiger partial charge is 0.0753 e. The van der Waals surface area contributed by atoms with Crippen molar-refractivity contribution in [3.63, 3.8) is 0 Å². The van der Waals surface area contributed by atoms with Crippen LogP contribution in [0.3, 0.4) is 0 Å². The number of benzene rings is 1. The maximum atomic E-state index is 12.2. The lowest BCUT2D eigenvalue weighted by Crippen LogP contribution is -2.02. The molecule has 0 radical (unpaired) electrons. The van der Waals surface area contributed by atoms with Gasteiger partial charge >= 0.3 is 0 Å². The average Bonchev–Trinajstić information content (AvgIpc) is 2.67. The molecule has 2 rings (SSSR count). The zero-order valence-electron chi connectivity index (χ0n) is 9.26. The van der Waals surface area contributed by atoms with Gasteiger partial charge in [0.25, 0.3) is 0 Å². The van der Waals surface area contributed by atoms with Gasteiger partial charge in [0.2, 0.25) is 0 Å². The summed E-state index contributed by atoms with van der Waals surface area (Å²) >= 11 is 3.34. The van der Waals surface area contributed by atoms with Crippen LogP contribution in [0.25, 0.3) is 0 Å². The average molecular weight is 314 g/mol. The van der Waals surface area contributed by atoms with Crippen molar-refractivity contribution in [2.45, 2.75) is 10.6 Å². The number of hydrogen-bond acceptors (Lipinski definition) is 3. The molecule has 1 heterocycles. The molecular weight excluding hydrogens is 302 g/mol. The second kappa shape index (κ2) is 5.01. The summed E-state index contributed by atoms with van der Waals surface area (Å²) in [7, 11) is 0.659. The van der Waals surface area contributed by atoms with E-state index in [4.69, 9.17) is 5.73 Å². The molecule has 0 aliphatic rings. The van der Waals surface area contributed by atoms with Crippen molar-refractivity contribution in [2.75, 3.05) is 5.73 Å². The van der Waals surface area contributed by atoms with Gasteiger partial charge in [-0.3, -0.25) is 8.89 Å². The first-order chi connectivity index (χ1) is 8.06. The van der Waals surface area contributed by atoms with Crippen molar-refractivity contribution < 1.29 is 4.21 Å². The molecule has 0 bridgehead atoms. The molecule has 1 aromatic heterocycles. The van der Waals surface area contributed by atoms with E-state index in [0.29, 0.717) is 16.3 Å². The molecule has 4 nitrogen and oxygen atoms in total. The molecule has 2 aromatic rings. The molecule has 0 spiro atoms. The highest BCUT2D eigenvalue weighted by molar-refractivity contribution is 9.10. The number of hydrogen-bond donors (Lipinski definition) is 1. The monoisotopic (exact) mass is 313 g/mol. The summed E-state index contributed by atoms with van der Waals surface area (Å²) in [6, 6.07) is 7.22. The van der Waals surface area contributed by atoms with E-state index >= 15 is 0 Å². The van der Waals surface area contributed by atoms with Gasteiger partial charge < -0.3 is 5.73 Å². The highest BCUT2D eigenvalue weighted by Gasteiger charge is 2.11. The second-order valence-corrected chi connectivity index (χ2v) is 5.99. The second-order valence-electron chi connectivity index (χ2n) is 3.65. The topological polar surface area (TPSA) is 60.9 Å². The Hall–Kier alpha value is -1.14. The van der Waals surface area contributed by atoms with Crippen molar-refractivity contribution in [3.8, 4) is 0 Å². The van der Waals surface area contributed by atoms with Crippen molar-refractivity contribution in [2.24, 2.45) is 7.05 Å². The molecule has 0 saturated carbocycles. The number of nitrogens with zero attached hydrogens (tertiary/aromatic N) is 2. The predicted octanol–water partition coefficient (Wildman–Crippen LogP) is 2.07. The molecule has 17 heavy (non-hydrogen) atoms. The molecule has 1 aromatic carbocycles. The van der Waals surface area contributed by atoms with Gasteiger partial charge in [-0.05, 0) is 24.3 Å². The Balaban J connectivity index is 2.22. The molecule has 90 valence electrons. The Kier molecular flexibility index (Phi) is 3.63. The predicted molar refractivity (Wildman–Crippen MR) is 71.9 cm³/mol. The Morgan fingerprint density at radius 2 is 2.24 bits per heavy atom. The first-order valence-electron chi connectivity index (χ1n) is 4.98. The first kappa shape index (κ1) is 12.3. The van der Waals surface area contributed by atoms with Crippen molar-refractivity contribution >= 4 is 32.4 Å². The van der Waals surface area contributed by atoms with Gasteiger partial charge in [-0.15, -0.1) is 0 Å². The minimum atomic E-state index is -1.17. The van der Waals surface area contributed by atoms with Crippen molar-refractivity contribution in [1.82, 2.24) is 9.78 Å². The molecule has 0 saturated heterocycles. The molecule has 1 unspecified atom stereocenters. The third-order valence-electron chi connectivity index (χ3n) is 2.27. The molecular formula is C11H12BrN3OS. The van der Waals surface area contributed by atoms with Gasteiger partial charge in [-0.25, -0.2) is 0 Å². The van der Waals surface area contributed by atoms with Gasteiger partial charge in [0.05, 0.1) is 27.1 Å². The number of aromatic nitrogens is 2. The van der Waals surface area contributed by atoms with Crippen LogP contribution in [0.4, 0.5) is 5.69 Å². The number of rotatable bonds is 3. The maximum absolute atomic E-state index is 12.2. The number of nitrogens with two attached hydrogens (primary N) is 1. The summed E-state index contributed by atoms with van der Waals surface area (Å²) in [6.45, 7) is 0. The largest absolute Gasteiger partial charge is 0.398 e. The fourth-order valence-corrected chi connectivity index (χ4v) is 3.14. The summed E-state index contributed by atoms with van der Waals surface area (Å²) in [5, 5.41) is 4.20. The standard InChI is InChI=1S/C11H12BrN3OS/c1-15-5-4-9(14-15)7-17(16)11-6-8(12)2-3-10(11)13/h2-6H,7,13H2,1H3. The van der Waals surface area contributed by atoms with Crippen molar-refractivity contribution in [1.29, 1.82) is 0 Å². The molecule has 0 fully saturated rings. The minimum Gasteiger partial charge on any atom is -0.398 e. The van der Waals surface area contributed by atoms with E-state index in [1.165, 1.54) is 0 Å². The number of aryl methyl sites for hydroxylation is 1. The van der Waals surface area contributed by atoms with E-state index in [0.717, 1.165) is 10.2 Å². The van der Waals surface area contributed by atoms with Crippen LogP contribution in [0.1, 0.15) is 5.69 Å². The maximum Gasteiger partial charge on any atom is 0.0753 e. The van der Waals surface area contributed by atoms with Crippen LogP contribution in [0.2, 0.25) is 0 Å². The number of halogens is 1. The zero-order chi connectivity index (χ0) is 12.4. The van der Waals surface area contributed by atoms with Crippen LogP contribution in [0, 0.1) is 0 Å². The Bertz CT molecular complexity index is 568. The summed E-state index contributed by atoms with van der Waals surface area (Å²) in [6.07, 6.45) is 1.83. The Morgan fingerprint density at radius 1 is 1.47 bits per heavy atom. The third-order valence-corrected chi connectivity index (χ3v) is 4.16. The Morgan fingerprint density at radius 3 is 2.88 bits per heavy atom. The van der Waals surface area contributed by atoms with Crippen LogP contribution in [-0.4, -0.2) is 14.0 Å². The highest BCUT2D eigenvalue weighted by Crippen LogP contribution is 2.23. The van der Waals surface area contributed by atoms with E-state index in [9.17, 15) is 4.21 Å². The quantitative estimate of drug-likeness (QED) is 0.882. The highest BCUT2D eigenvalue weighted by atomic mass is 79.9. The van der Waals surface area contributed by atoms with Gasteiger partial charge in [-0.2, -0.15) is 5.10 Å². The van der Waals surface area contributed by atoms with Gasteiger partial charge in [0.1, 0.15) is 0 Å². The molecule has 6 heteroatoms. The number of anilines is 1. The molecule has 1 atom stereocenters. The fraction of sp³-hybridized carbons (Fsp3) is 0.182. The van der Waals surface area contributed by atoms with Gasteiger partial charge in [0, 0.05) is 23.4 Å². The van der Waals surface area contributed by atoms with Gasteiger partial charge in [0.15, 0.2) is 0 Å². The lowest BCUT2D eigenvalue weighted by molar-refractivity contribution is 0.681. The normalized spacial score (nSPS) is 12.6. The van der Waals surface area contributed by atoms with Crippen LogP contribution in [-0.2, 0) is 23.6 Å². The van der Waals surface area contributed by atoms with E-state index in [2.05, 4.69) is 21.0 Å². The summed E-state index contributed by atoms with van der Waals surface area (Å²) in [4.78, 5) is 0.644.